The first-order valence-corrected chi connectivity index (χ1v) is 12.0. The molecule has 31 heavy (non-hydrogen) atoms. The van der Waals surface area contributed by atoms with Gasteiger partial charge in [0, 0.05) is 31.7 Å². The van der Waals surface area contributed by atoms with Crippen molar-refractivity contribution >= 4 is 34.8 Å². The smallest absolute Gasteiger partial charge is 0.242 e. The molecule has 2 aliphatic heterocycles. The molecule has 0 bridgehead atoms. The molecule has 2 saturated heterocycles. The summed E-state index contributed by atoms with van der Waals surface area (Å²) in [7, 11) is 1.94. The second-order valence-corrected chi connectivity index (χ2v) is 9.59. The lowest BCUT2D eigenvalue weighted by atomic mass is 9.83. The Hall–Kier alpha value is -1.75. The number of anilines is 1. The first kappa shape index (κ1) is 22.4. The lowest BCUT2D eigenvalue weighted by Gasteiger charge is -2.44. The second-order valence-electron chi connectivity index (χ2n) is 8.78. The number of piperidine rings is 1. The van der Waals surface area contributed by atoms with E-state index in [0.717, 1.165) is 44.7 Å². The number of carbonyl (C=O) groups excluding carboxylic acids is 1. The fourth-order valence-electron chi connectivity index (χ4n) is 5.02. The van der Waals surface area contributed by atoms with E-state index in [1.54, 1.807) is 6.07 Å². The third kappa shape index (κ3) is 5.36. The molecule has 0 saturated carbocycles. The minimum absolute atomic E-state index is 0.179. The Balaban J connectivity index is 1.53. The summed E-state index contributed by atoms with van der Waals surface area (Å²) in [4.78, 5) is 20.1. The lowest BCUT2D eigenvalue weighted by Crippen LogP contribution is -2.54. The van der Waals surface area contributed by atoms with Gasteiger partial charge in [-0.2, -0.15) is 0 Å². The van der Waals surface area contributed by atoms with Gasteiger partial charge in [-0.15, -0.1) is 0 Å². The van der Waals surface area contributed by atoms with E-state index in [1.807, 2.05) is 24.1 Å². The lowest BCUT2D eigenvalue weighted by molar-refractivity contribution is -0.134. The van der Waals surface area contributed by atoms with E-state index in [4.69, 9.17) is 23.2 Å². The van der Waals surface area contributed by atoms with Gasteiger partial charge in [-0.05, 0) is 62.5 Å². The van der Waals surface area contributed by atoms with Crippen molar-refractivity contribution in [2.75, 3.05) is 44.7 Å². The standard InChI is InChI=1S/C25H31Cl2N3O/c1-28(20-11-12-22(26)23(27)16-20)18-25(31)30-15-7-10-21(19-8-3-2-4-9-19)24(30)17-29-13-5-6-14-29/h2-4,8-9,11-12,16,21,24H,5-7,10,13-15,17-18H2,1H3/t21-,24-/m0/s1. The fraction of sp³-hybridized carbons (Fsp3) is 0.480. The summed E-state index contributed by atoms with van der Waals surface area (Å²) in [5, 5.41) is 1.03. The van der Waals surface area contributed by atoms with Crippen LogP contribution in [0.5, 0.6) is 0 Å². The summed E-state index contributed by atoms with van der Waals surface area (Å²) in [6.07, 6.45) is 4.70. The van der Waals surface area contributed by atoms with E-state index < -0.39 is 0 Å². The zero-order valence-corrected chi connectivity index (χ0v) is 19.7. The first-order valence-electron chi connectivity index (χ1n) is 11.3. The van der Waals surface area contributed by atoms with E-state index in [-0.39, 0.29) is 11.9 Å². The van der Waals surface area contributed by atoms with Crippen molar-refractivity contribution in [1.29, 1.82) is 0 Å². The van der Waals surface area contributed by atoms with E-state index >= 15 is 0 Å². The molecule has 0 aromatic heterocycles. The van der Waals surface area contributed by atoms with E-state index in [0.29, 0.717) is 22.5 Å². The van der Waals surface area contributed by atoms with Crippen molar-refractivity contribution in [1.82, 2.24) is 9.80 Å². The van der Waals surface area contributed by atoms with Gasteiger partial charge in [0.05, 0.1) is 22.6 Å². The van der Waals surface area contributed by atoms with Crippen LogP contribution in [0.1, 0.15) is 37.2 Å². The molecular weight excluding hydrogens is 429 g/mol. The van der Waals surface area contributed by atoms with Crippen molar-refractivity contribution < 1.29 is 4.79 Å². The highest BCUT2D eigenvalue weighted by Crippen LogP contribution is 2.34. The molecule has 2 fully saturated rings. The number of benzene rings is 2. The molecule has 0 aliphatic carbocycles. The number of likely N-dealkylation sites (N-methyl/N-ethyl adjacent to an activating group) is 1. The van der Waals surface area contributed by atoms with Crippen molar-refractivity contribution in [3.8, 4) is 0 Å². The Labute approximate surface area is 195 Å². The van der Waals surface area contributed by atoms with Crippen LogP contribution in [0.2, 0.25) is 10.0 Å². The van der Waals surface area contributed by atoms with Gasteiger partial charge >= 0.3 is 0 Å². The number of likely N-dealkylation sites (tertiary alicyclic amines) is 2. The average molecular weight is 460 g/mol. The Kier molecular flexibility index (Phi) is 7.42. The number of amides is 1. The van der Waals surface area contributed by atoms with Gasteiger partial charge in [0.2, 0.25) is 5.91 Å². The van der Waals surface area contributed by atoms with Crippen molar-refractivity contribution in [3.05, 3.63) is 64.1 Å². The summed E-state index contributed by atoms with van der Waals surface area (Å²) in [6, 6.07) is 16.5. The summed E-state index contributed by atoms with van der Waals surface area (Å²) in [5.74, 6) is 0.563. The van der Waals surface area contributed by atoms with Gasteiger partial charge < -0.3 is 14.7 Å². The number of hydrogen-bond acceptors (Lipinski definition) is 3. The third-order valence-electron chi connectivity index (χ3n) is 6.69. The van der Waals surface area contributed by atoms with Crippen molar-refractivity contribution in [2.45, 2.75) is 37.6 Å². The Morgan fingerprint density at radius 1 is 1.00 bits per heavy atom. The molecule has 0 N–H and O–H groups in total. The van der Waals surface area contributed by atoms with Gasteiger partial charge in [0.25, 0.3) is 0 Å². The monoisotopic (exact) mass is 459 g/mol. The molecule has 166 valence electrons. The predicted molar refractivity (Wildman–Crippen MR) is 129 cm³/mol. The van der Waals surface area contributed by atoms with Crippen LogP contribution in [0.3, 0.4) is 0 Å². The van der Waals surface area contributed by atoms with Crippen LogP contribution in [0.15, 0.2) is 48.5 Å². The van der Waals surface area contributed by atoms with Crippen LogP contribution in [-0.4, -0.2) is 61.5 Å². The predicted octanol–water partition coefficient (Wildman–Crippen LogP) is 5.30. The largest absolute Gasteiger partial charge is 0.365 e. The van der Waals surface area contributed by atoms with E-state index in [2.05, 4.69) is 40.1 Å². The quantitative estimate of drug-likeness (QED) is 0.586. The maximum atomic E-state index is 13.5. The molecule has 1 amide bonds. The number of halogens is 2. The summed E-state index contributed by atoms with van der Waals surface area (Å²) < 4.78 is 0. The maximum Gasteiger partial charge on any atom is 0.242 e. The molecule has 4 rings (SSSR count). The molecule has 2 aromatic carbocycles. The highest BCUT2D eigenvalue weighted by Gasteiger charge is 2.36. The summed E-state index contributed by atoms with van der Waals surface area (Å²) in [5.41, 5.74) is 2.25. The van der Waals surface area contributed by atoms with Crippen LogP contribution < -0.4 is 4.90 Å². The second kappa shape index (κ2) is 10.2. The number of rotatable bonds is 6. The van der Waals surface area contributed by atoms with Crippen LogP contribution >= 0.6 is 23.2 Å². The molecular formula is C25H31Cl2N3O. The Bertz CT molecular complexity index is 886. The molecule has 6 heteroatoms. The van der Waals surface area contributed by atoms with Gasteiger partial charge in [0.1, 0.15) is 0 Å². The van der Waals surface area contributed by atoms with Crippen LogP contribution in [0, 0.1) is 0 Å². The number of carbonyl (C=O) groups is 1. The Morgan fingerprint density at radius 2 is 1.74 bits per heavy atom. The minimum Gasteiger partial charge on any atom is -0.365 e. The number of nitrogens with zero attached hydrogens (tertiary/aromatic N) is 3. The zero-order valence-electron chi connectivity index (χ0n) is 18.1. The fourth-order valence-corrected chi connectivity index (χ4v) is 5.31. The molecule has 0 unspecified atom stereocenters. The highest BCUT2D eigenvalue weighted by atomic mass is 35.5. The molecule has 2 aliphatic rings. The molecule has 2 aromatic rings. The molecule has 2 heterocycles. The first-order chi connectivity index (χ1) is 15.0. The van der Waals surface area contributed by atoms with Gasteiger partial charge in [0.15, 0.2) is 0 Å². The normalized spacial score (nSPS) is 22.0. The van der Waals surface area contributed by atoms with Crippen LogP contribution in [-0.2, 0) is 4.79 Å². The number of hydrogen-bond donors (Lipinski definition) is 0. The maximum absolute atomic E-state index is 13.5. The van der Waals surface area contributed by atoms with Gasteiger partial charge in [-0.1, -0.05) is 53.5 Å². The van der Waals surface area contributed by atoms with Crippen molar-refractivity contribution in [2.24, 2.45) is 0 Å². The Morgan fingerprint density at radius 3 is 2.45 bits per heavy atom. The molecule has 0 radical (unpaired) electrons. The molecule has 2 atom stereocenters. The van der Waals surface area contributed by atoms with E-state index in [9.17, 15) is 4.79 Å². The summed E-state index contributed by atoms with van der Waals surface area (Å²) in [6.45, 7) is 4.40. The molecule has 4 nitrogen and oxygen atoms in total. The third-order valence-corrected chi connectivity index (χ3v) is 7.43. The SMILES string of the molecule is CN(CC(=O)N1CCC[C@@H](c2ccccc2)[C@@H]1CN1CCCC1)c1ccc(Cl)c(Cl)c1. The summed E-state index contributed by atoms with van der Waals surface area (Å²) >= 11 is 12.2. The van der Waals surface area contributed by atoms with E-state index in [1.165, 1.54) is 18.4 Å². The van der Waals surface area contributed by atoms with Gasteiger partial charge in [-0.3, -0.25) is 4.79 Å². The molecule has 0 spiro atoms. The highest BCUT2D eigenvalue weighted by molar-refractivity contribution is 6.42. The zero-order chi connectivity index (χ0) is 21.8. The average Bonchev–Trinajstić information content (AvgIpc) is 3.29. The topological polar surface area (TPSA) is 26.8 Å². The van der Waals surface area contributed by atoms with Crippen LogP contribution in [0.4, 0.5) is 5.69 Å². The minimum atomic E-state index is 0.179. The van der Waals surface area contributed by atoms with Crippen molar-refractivity contribution in [3.63, 3.8) is 0 Å². The van der Waals surface area contributed by atoms with Crippen LogP contribution in [0.25, 0.3) is 0 Å². The van der Waals surface area contributed by atoms with Gasteiger partial charge in [-0.25, -0.2) is 0 Å².